The van der Waals surface area contributed by atoms with E-state index in [-0.39, 0.29) is 11.7 Å². The molecule has 3 rings (SSSR count). The highest BCUT2D eigenvalue weighted by Crippen LogP contribution is 2.22. The third-order valence-corrected chi connectivity index (χ3v) is 7.45. The second-order valence-electron chi connectivity index (χ2n) is 6.49. The average Bonchev–Trinajstić information content (AvgIpc) is 2.73. The number of amides is 1. The molecule has 0 aliphatic carbocycles. The number of methoxy groups -OCH3 is 1. The molecule has 0 unspecified atom stereocenters. The summed E-state index contributed by atoms with van der Waals surface area (Å²) in [6.07, 6.45) is 0. The van der Waals surface area contributed by atoms with Crippen LogP contribution in [0.3, 0.4) is 0 Å². The highest BCUT2D eigenvalue weighted by Gasteiger charge is 2.28. The number of benzene rings is 2. The van der Waals surface area contributed by atoms with Gasteiger partial charge in [0, 0.05) is 31.1 Å². The average molecular weight is 421 g/mol. The van der Waals surface area contributed by atoms with Crippen LogP contribution in [-0.2, 0) is 20.6 Å². The van der Waals surface area contributed by atoms with E-state index in [0.29, 0.717) is 31.9 Å². The third kappa shape index (κ3) is 5.50. The molecule has 0 spiro atoms. The molecule has 1 heterocycles. The van der Waals surface area contributed by atoms with Gasteiger partial charge in [0.2, 0.25) is 15.9 Å². The summed E-state index contributed by atoms with van der Waals surface area (Å²) >= 11 is 1.47. The van der Waals surface area contributed by atoms with Crippen LogP contribution in [0, 0.1) is 0 Å². The molecule has 1 fully saturated rings. The maximum absolute atomic E-state index is 12.6. The number of hydrogen-bond donors (Lipinski definition) is 0. The molecular formula is C20H24N2O4S2. The molecule has 0 bridgehead atoms. The summed E-state index contributed by atoms with van der Waals surface area (Å²) in [7, 11) is -1.75. The molecule has 1 amide bonds. The Morgan fingerprint density at radius 3 is 2.25 bits per heavy atom. The number of rotatable bonds is 7. The Balaban J connectivity index is 1.48. The van der Waals surface area contributed by atoms with Crippen molar-refractivity contribution in [2.24, 2.45) is 0 Å². The fourth-order valence-electron chi connectivity index (χ4n) is 3.00. The molecule has 0 atom stereocenters. The number of ether oxygens (including phenoxy) is 1. The number of piperazine rings is 1. The first-order valence-corrected chi connectivity index (χ1v) is 11.6. The predicted octanol–water partition coefficient (Wildman–Crippen LogP) is 2.46. The maximum atomic E-state index is 12.6. The fraction of sp³-hybridized carbons (Fsp3) is 0.350. The van der Waals surface area contributed by atoms with Crippen LogP contribution < -0.4 is 4.74 Å². The van der Waals surface area contributed by atoms with Crippen LogP contribution in [0.1, 0.15) is 5.56 Å². The van der Waals surface area contributed by atoms with Crippen molar-refractivity contribution in [1.82, 2.24) is 9.21 Å². The number of nitrogens with zero attached hydrogens (tertiary/aromatic N) is 2. The number of carbonyl (C=O) groups is 1. The zero-order valence-electron chi connectivity index (χ0n) is 15.8. The second-order valence-corrected chi connectivity index (χ2v) is 9.50. The Hall–Kier alpha value is -2.03. The molecule has 8 heteroatoms. The van der Waals surface area contributed by atoms with Crippen LogP contribution in [0.4, 0.5) is 0 Å². The Labute approximate surface area is 170 Å². The second kappa shape index (κ2) is 9.45. The van der Waals surface area contributed by atoms with Crippen molar-refractivity contribution in [2.45, 2.75) is 10.6 Å². The van der Waals surface area contributed by atoms with Crippen LogP contribution >= 0.6 is 11.8 Å². The van der Waals surface area contributed by atoms with Crippen molar-refractivity contribution in [3.63, 3.8) is 0 Å². The first kappa shape index (κ1) is 20.7. The highest BCUT2D eigenvalue weighted by molar-refractivity contribution is 8.00. The van der Waals surface area contributed by atoms with Gasteiger partial charge in [-0.1, -0.05) is 30.3 Å². The van der Waals surface area contributed by atoms with Gasteiger partial charge in [0.1, 0.15) is 5.75 Å². The minimum atomic E-state index is -3.37. The smallest absolute Gasteiger partial charge is 0.233 e. The quantitative estimate of drug-likeness (QED) is 0.644. The Kier molecular flexibility index (Phi) is 6.98. The van der Waals surface area contributed by atoms with Gasteiger partial charge in [-0.3, -0.25) is 4.79 Å². The molecule has 2 aromatic rings. The molecule has 28 heavy (non-hydrogen) atoms. The zero-order valence-corrected chi connectivity index (χ0v) is 17.4. The van der Waals surface area contributed by atoms with Crippen LogP contribution in [0.25, 0.3) is 0 Å². The summed E-state index contributed by atoms with van der Waals surface area (Å²) in [5, 5.41) is 0. The molecule has 0 radical (unpaired) electrons. The molecule has 0 N–H and O–H groups in total. The summed E-state index contributed by atoms with van der Waals surface area (Å²) in [6.45, 7) is 1.54. The van der Waals surface area contributed by atoms with E-state index in [1.807, 2.05) is 54.6 Å². The van der Waals surface area contributed by atoms with E-state index in [9.17, 15) is 13.2 Å². The molecule has 6 nitrogen and oxygen atoms in total. The Morgan fingerprint density at radius 2 is 1.64 bits per heavy atom. The van der Waals surface area contributed by atoms with E-state index in [0.717, 1.165) is 16.2 Å². The van der Waals surface area contributed by atoms with Gasteiger partial charge in [0.25, 0.3) is 0 Å². The molecular weight excluding hydrogens is 396 g/mol. The largest absolute Gasteiger partial charge is 0.497 e. The van der Waals surface area contributed by atoms with Gasteiger partial charge < -0.3 is 9.64 Å². The first-order valence-electron chi connectivity index (χ1n) is 9.04. The monoisotopic (exact) mass is 420 g/mol. The van der Waals surface area contributed by atoms with Crippen molar-refractivity contribution < 1.29 is 17.9 Å². The summed E-state index contributed by atoms with van der Waals surface area (Å²) in [5.41, 5.74) is 0.775. The normalized spacial score (nSPS) is 15.4. The lowest BCUT2D eigenvalue weighted by Gasteiger charge is -2.34. The third-order valence-electron chi connectivity index (χ3n) is 4.60. The van der Waals surface area contributed by atoms with Crippen molar-refractivity contribution in [3.05, 3.63) is 60.2 Å². The van der Waals surface area contributed by atoms with E-state index in [1.54, 1.807) is 12.0 Å². The summed E-state index contributed by atoms with van der Waals surface area (Å²) < 4.78 is 31.8. The number of hydrogen-bond acceptors (Lipinski definition) is 5. The van der Waals surface area contributed by atoms with Crippen molar-refractivity contribution in [3.8, 4) is 5.75 Å². The molecule has 1 aliphatic rings. The minimum absolute atomic E-state index is 0.00485. The van der Waals surface area contributed by atoms with Crippen LogP contribution in [0.15, 0.2) is 59.5 Å². The summed E-state index contributed by atoms with van der Waals surface area (Å²) in [4.78, 5) is 15.2. The van der Waals surface area contributed by atoms with Gasteiger partial charge >= 0.3 is 0 Å². The van der Waals surface area contributed by atoms with Crippen molar-refractivity contribution in [1.29, 1.82) is 0 Å². The Bertz CT molecular complexity index is 878. The van der Waals surface area contributed by atoms with Crippen molar-refractivity contribution >= 4 is 27.7 Å². The lowest BCUT2D eigenvalue weighted by molar-refractivity contribution is -0.129. The molecule has 150 valence electrons. The van der Waals surface area contributed by atoms with E-state index in [2.05, 4.69) is 0 Å². The number of sulfonamides is 1. The molecule has 0 aromatic heterocycles. The van der Waals surface area contributed by atoms with E-state index >= 15 is 0 Å². The van der Waals surface area contributed by atoms with Crippen LogP contribution in [0.2, 0.25) is 0 Å². The SMILES string of the molecule is COc1ccc(SCC(=O)N2CCN(S(=O)(=O)Cc3ccccc3)CC2)cc1. The molecule has 1 aliphatic heterocycles. The van der Waals surface area contributed by atoms with Gasteiger partial charge in [0.05, 0.1) is 18.6 Å². The van der Waals surface area contributed by atoms with Crippen LogP contribution in [0.5, 0.6) is 5.75 Å². The first-order chi connectivity index (χ1) is 13.5. The summed E-state index contributed by atoms with van der Waals surface area (Å²) in [5.74, 6) is 1.14. The lowest BCUT2D eigenvalue weighted by atomic mass is 10.2. The lowest BCUT2D eigenvalue weighted by Crippen LogP contribution is -2.51. The standard InChI is InChI=1S/C20H24N2O4S2/c1-26-18-7-9-19(10-8-18)27-15-20(23)21-11-13-22(14-12-21)28(24,25)16-17-5-3-2-4-6-17/h2-10H,11-16H2,1H3. The predicted molar refractivity (Wildman–Crippen MR) is 111 cm³/mol. The minimum Gasteiger partial charge on any atom is -0.497 e. The molecule has 1 saturated heterocycles. The number of carbonyl (C=O) groups excluding carboxylic acids is 1. The van der Waals surface area contributed by atoms with E-state index < -0.39 is 10.0 Å². The zero-order chi connectivity index (χ0) is 20.0. The topological polar surface area (TPSA) is 66.9 Å². The summed E-state index contributed by atoms with van der Waals surface area (Å²) in [6, 6.07) is 16.7. The van der Waals surface area contributed by atoms with Gasteiger partial charge in [-0.15, -0.1) is 11.8 Å². The number of thioether (sulfide) groups is 1. The highest BCUT2D eigenvalue weighted by atomic mass is 32.2. The van der Waals surface area contributed by atoms with Gasteiger partial charge in [-0.2, -0.15) is 4.31 Å². The van der Waals surface area contributed by atoms with Gasteiger partial charge in [-0.25, -0.2) is 8.42 Å². The van der Waals surface area contributed by atoms with Crippen LogP contribution in [-0.4, -0.2) is 62.6 Å². The maximum Gasteiger partial charge on any atom is 0.233 e. The molecule has 0 saturated carbocycles. The van der Waals surface area contributed by atoms with Crippen molar-refractivity contribution in [2.75, 3.05) is 39.0 Å². The Morgan fingerprint density at radius 1 is 1.00 bits per heavy atom. The molecule has 2 aromatic carbocycles. The van der Waals surface area contributed by atoms with E-state index in [1.165, 1.54) is 16.1 Å². The van der Waals surface area contributed by atoms with Gasteiger partial charge in [-0.05, 0) is 29.8 Å². The van der Waals surface area contributed by atoms with Gasteiger partial charge in [0.15, 0.2) is 0 Å². The van der Waals surface area contributed by atoms with E-state index in [4.69, 9.17) is 4.74 Å². The fourth-order valence-corrected chi connectivity index (χ4v) is 5.32.